The number of nitrogens with one attached hydrogen (secondary N) is 2. The highest BCUT2D eigenvalue weighted by molar-refractivity contribution is 6.32. The van der Waals surface area contributed by atoms with Crippen LogP contribution in [0.1, 0.15) is 21.6 Å². The van der Waals surface area contributed by atoms with Crippen molar-refractivity contribution in [1.82, 2.24) is 15.2 Å². The second kappa shape index (κ2) is 8.46. The van der Waals surface area contributed by atoms with Crippen molar-refractivity contribution in [1.29, 1.82) is 0 Å². The number of hydrogen-bond acceptors (Lipinski definition) is 5. The SMILES string of the molecule is O=Cc1[nH]c2cnnc(Nc3ccc(OCc4cccc(F)c4)c(Cl)c3)c2c1C(F)(F)F. The molecule has 0 saturated carbocycles. The van der Waals surface area contributed by atoms with Crippen LogP contribution in [0.5, 0.6) is 5.75 Å². The van der Waals surface area contributed by atoms with E-state index in [1.54, 1.807) is 12.1 Å². The summed E-state index contributed by atoms with van der Waals surface area (Å²) in [5.74, 6) is -0.303. The smallest absolute Gasteiger partial charge is 0.419 e. The quantitative estimate of drug-likeness (QED) is 0.274. The fourth-order valence-corrected chi connectivity index (χ4v) is 3.40. The van der Waals surface area contributed by atoms with E-state index in [1.165, 1.54) is 30.3 Å². The van der Waals surface area contributed by atoms with Crippen LogP contribution in [-0.4, -0.2) is 21.5 Å². The largest absolute Gasteiger partial charge is 0.487 e. The molecule has 2 N–H and O–H groups in total. The molecule has 4 aromatic rings. The van der Waals surface area contributed by atoms with E-state index in [0.29, 0.717) is 17.0 Å². The topological polar surface area (TPSA) is 79.9 Å². The van der Waals surface area contributed by atoms with Gasteiger partial charge in [-0.05, 0) is 35.9 Å². The molecule has 164 valence electrons. The number of carbonyl (C=O) groups is 1. The third kappa shape index (κ3) is 4.35. The Morgan fingerprint density at radius 1 is 1.19 bits per heavy atom. The molecule has 0 radical (unpaired) electrons. The minimum atomic E-state index is -4.79. The zero-order valence-electron chi connectivity index (χ0n) is 16.0. The lowest BCUT2D eigenvalue weighted by Crippen LogP contribution is -2.08. The predicted molar refractivity (Wildman–Crippen MR) is 110 cm³/mol. The van der Waals surface area contributed by atoms with Crippen LogP contribution in [0.4, 0.5) is 29.1 Å². The Hall–Kier alpha value is -3.66. The Balaban J connectivity index is 1.61. The predicted octanol–water partition coefficient (Wildman–Crippen LogP) is 5.90. The first kappa shape index (κ1) is 21.6. The van der Waals surface area contributed by atoms with Gasteiger partial charge in [0.25, 0.3) is 0 Å². The summed E-state index contributed by atoms with van der Waals surface area (Å²) in [7, 11) is 0. The standard InChI is InChI=1S/C21H13ClF4N4O2/c22-14-7-13(4-5-17(14)32-10-11-2-1-3-12(23)6-11)28-20-18-15(8-27-30-20)29-16(9-31)19(18)21(24,25)26/h1-9,29H,10H2,(H,28,30). The molecule has 0 spiro atoms. The van der Waals surface area contributed by atoms with E-state index in [0.717, 1.165) is 6.20 Å². The van der Waals surface area contributed by atoms with E-state index in [-0.39, 0.29) is 34.6 Å². The van der Waals surface area contributed by atoms with Crippen LogP contribution in [0.3, 0.4) is 0 Å². The number of aromatic nitrogens is 3. The van der Waals surface area contributed by atoms with Crippen LogP contribution in [-0.2, 0) is 12.8 Å². The van der Waals surface area contributed by atoms with Gasteiger partial charge < -0.3 is 15.0 Å². The van der Waals surface area contributed by atoms with Gasteiger partial charge >= 0.3 is 6.18 Å². The summed E-state index contributed by atoms with van der Waals surface area (Å²) < 4.78 is 59.6. The highest BCUT2D eigenvalue weighted by atomic mass is 35.5. The Labute approximate surface area is 183 Å². The van der Waals surface area contributed by atoms with Crippen molar-refractivity contribution >= 4 is 40.3 Å². The number of alkyl halides is 3. The lowest BCUT2D eigenvalue weighted by molar-refractivity contribution is -0.136. The molecule has 0 bridgehead atoms. The van der Waals surface area contributed by atoms with Gasteiger partial charge in [0.05, 0.1) is 33.4 Å². The fraction of sp³-hybridized carbons (Fsp3) is 0.0952. The van der Waals surface area contributed by atoms with Gasteiger partial charge in [-0.15, -0.1) is 5.10 Å². The van der Waals surface area contributed by atoms with Crippen molar-refractivity contribution in [3.8, 4) is 5.75 Å². The molecule has 0 saturated heterocycles. The van der Waals surface area contributed by atoms with Crippen molar-refractivity contribution in [2.24, 2.45) is 0 Å². The number of nitrogens with zero attached hydrogens (tertiary/aromatic N) is 2. The number of hydrogen-bond donors (Lipinski definition) is 2. The molecule has 0 amide bonds. The molecule has 0 aliphatic rings. The van der Waals surface area contributed by atoms with Crippen molar-refractivity contribution in [3.05, 3.63) is 76.3 Å². The lowest BCUT2D eigenvalue weighted by Gasteiger charge is -2.12. The third-order valence-electron chi connectivity index (χ3n) is 4.52. The molecule has 2 aromatic heterocycles. The number of ether oxygens (including phenoxy) is 1. The number of anilines is 2. The summed E-state index contributed by atoms with van der Waals surface area (Å²) in [5, 5.41) is 10.0. The van der Waals surface area contributed by atoms with Crippen molar-refractivity contribution < 1.29 is 27.1 Å². The zero-order chi connectivity index (χ0) is 22.9. The molecule has 11 heteroatoms. The van der Waals surface area contributed by atoms with Crippen molar-refractivity contribution in [2.45, 2.75) is 12.8 Å². The maximum Gasteiger partial charge on any atom is 0.419 e. The third-order valence-corrected chi connectivity index (χ3v) is 4.81. The monoisotopic (exact) mass is 464 g/mol. The van der Waals surface area contributed by atoms with Gasteiger partial charge in [0.1, 0.15) is 18.2 Å². The summed E-state index contributed by atoms with van der Waals surface area (Å²) in [4.78, 5) is 13.5. The van der Waals surface area contributed by atoms with Gasteiger partial charge in [0, 0.05) is 5.69 Å². The molecule has 0 unspecified atom stereocenters. The zero-order valence-corrected chi connectivity index (χ0v) is 16.8. The Morgan fingerprint density at radius 3 is 2.69 bits per heavy atom. The Kier molecular flexibility index (Phi) is 5.70. The summed E-state index contributed by atoms with van der Waals surface area (Å²) in [6.07, 6.45) is -3.60. The van der Waals surface area contributed by atoms with E-state index in [4.69, 9.17) is 16.3 Å². The number of carbonyl (C=O) groups excluding carboxylic acids is 1. The van der Waals surface area contributed by atoms with Crippen LogP contribution in [0.15, 0.2) is 48.7 Å². The molecule has 0 atom stereocenters. The van der Waals surface area contributed by atoms with E-state index in [2.05, 4.69) is 20.5 Å². The first-order valence-corrected chi connectivity index (χ1v) is 9.47. The number of benzene rings is 2. The molecule has 0 aliphatic heterocycles. The molecule has 32 heavy (non-hydrogen) atoms. The molecule has 2 aromatic carbocycles. The van der Waals surface area contributed by atoms with E-state index < -0.39 is 23.3 Å². The van der Waals surface area contributed by atoms with Gasteiger partial charge in [0.2, 0.25) is 0 Å². The first-order chi connectivity index (χ1) is 15.3. The number of H-pyrrole nitrogens is 1. The first-order valence-electron chi connectivity index (χ1n) is 9.10. The number of aromatic amines is 1. The number of halogens is 5. The maximum atomic E-state index is 13.6. The average Bonchev–Trinajstić information content (AvgIpc) is 3.14. The van der Waals surface area contributed by atoms with Gasteiger partial charge in [-0.25, -0.2) is 4.39 Å². The van der Waals surface area contributed by atoms with Gasteiger partial charge in [-0.1, -0.05) is 23.7 Å². The summed E-state index contributed by atoms with van der Waals surface area (Å²) >= 11 is 6.23. The molecule has 0 fully saturated rings. The van der Waals surface area contributed by atoms with Gasteiger partial charge in [-0.2, -0.15) is 18.3 Å². The maximum absolute atomic E-state index is 13.6. The summed E-state index contributed by atoms with van der Waals surface area (Å²) in [6, 6.07) is 10.3. The number of fused-ring (bicyclic) bond motifs is 1. The van der Waals surface area contributed by atoms with Gasteiger partial charge in [-0.3, -0.25) is 4.79 Å². The average molecular weight is 465 g/mol. The highest BCUT2D eigenvalue weighted by Gasteiger charge is 2.38. The lowest BCUT2D eigenvalue weighted by atomic mass is 10.1. The highest BCUT2D eigenvalue weighted by Crippen LogP contribution is 2.40. The number of aldehydes is 1. The Bertz CT molecular complexity index is 1310. The molecule has 4 rings (SSSR count). The van der Waals surface area contributed by atoms with E-state index >= 15 is 0 Å². The minimum Gasteiger partial charge on any atom is -0.487 e. The molecular formula is C21H13ClF4N4O2. The molecular weight excluding hydrogens is 452 g/mol. The van der Waals surface area contributed by atoms with E-state index in [1.807, 2.05) is 0 Å². The second-order valence-corrected chi connectivity index (χ2v) is 7.11. The summed E-state index contributed by atoms with van der Waals surface area (Å²) in [6.45, 7) is 0.0712. The van der Waals surface area contributed by atoms with Crippen molar-refractivity contribution in [3.63, 3.8) is 0 Å². The molecule has 0 aliphatic carbocycles. The second-order valence-electron chi connectivity index (χ2n) is 6.70. The van der Waals surface area contributed by atoms with Gasteiger partial charge in [0.15, 0.2) is 12.1 Å². The van der Waals surface area contributed by atoms with Crippen molar-refractivity contribution in [2.75, 3.05) is 5.32 Å². The van der Waals surface area contributed by atoms with Crippen LogP contribution in [0.25, 0.3) is 10.9 Å². The van der Waals surface area contributed by atoms with E-state index in [9.17, 15) is 22.4 Å². The van der Waals surface area contributed by atoms with Crippen LogP contribution in [0.2, 0.25) is 5.02 Å². The number of rotatable bonds is 6. The minimum absolute atomic E-state index is 0.00179. The summed E-state index contributed by atoms with van der Waals surface area (Å²) in [5.41, 5.74) is -0.844. The van der Waals surface area contributed by atoms with Crippen LogP contribution in [0, 0.1) is 5.82 Å². The normalized spacial score (nSPS) is 11.5. The fourth-order valence-electron chi connectivity index (χ4n) is 3.17. The molecule has 6 nitrogen and oxygen atoms in total. The molecule has 2 heterocycles. The van der Waals surface area contributed by atoms with Crippen LogP contribution < -0.4 is 10.1 Å². The van der Waals surface area contributed by atoms with Crippen LogP contribution >= 0.6 is 11.6 Å². The Morgan fingerprint density at radius 2 is 2.00 bits per heavy atom.